The van der Waals surface area contributed by atoms with Crippen LogP contribution in [0.5, 0.6) is 0 Å². The van der Waals surface area contributed by atoms with Gasteiger partial charge in [-0.2, -0.15) is 0 Å². The molecule has 0 bridgehead atoms. The molecular weight excluding hydrogens is 477 g/mol. The van der Waals surface area contributed by atoms with Crippen LogP contribution in [0, 0.1) is 6.92 Å². The van der Waals surface area contributed by atoms with Crippen LogP contribution in [-0.2, 0) is 6.42 Å². The smallest absolute Gasteiger partial charge is 0.289 e. The topological polar surface area (TPSA) is 74.0 Å². The van der Waals surface area contributed by atoms with Gasteiger partial charge in [-0.1, -0.05) is 0 Å². The fraction of sp³-hybridized carbons (Fsp3) is 0.500. The number of furan rings is 1. The molecule has 9 heteroatoms. The van der Waals surface area contributed by atoms with Gasteiger partial charge in [0.2, 0.25) is 0 Å². The molecule has 1 aliphatic rings. The van der Waals surface area contributed by atoms with Crippen molar-refractivity contribution in [1.82, 2.24) is 20.1 Å². The number of carbonyl (C=O) groups is 1. The van der Waals surface area contributed by atoms with Crippen molar-refractivity contribution >= 4 is 47.2 Å². The number of nitrogens with one attached hydrogen (secondary N) is 1. The van der Waals surface area contributed by atoms with Crippen LogP contribution in [-0.4, -0.2) is 66.4 Å². The molecule has 148 valence electrons. The second-order valence-electron chi connectivity index (χ2n) is 6.22. The Hall–Kier alpha value is -1.62. The summed E-state index contributed by atoms with van der Waals surface area (Å²) >= 11 is 1.72. The van der Waals surface area contributed by atoms with Gasteiger partial charge in [0.1, 0.15) is 0 Å². The van der Waals surface area contributed by atoms with E-state index in [0.717, 1.165) is 44.1 Å². The minimum absolute atomic E-state index is 0. The van der Waals surface area contributed by atoms with Gasteiger partial charge in [0.15, 0.2) is 11.7 Å². The average Bonchev–Trinajstić information content (AvgIpc) is 3.33. The van der Waals surface area contributed by atoms with Crippen LogP contribution in [0.4, 0.5) is 0 Å². The summed E-state index contributed by atoms with van der Waals surface area (Å²) in [4.78, 5) is 25.2. The highest BCUT2D eigenvalue weighted by molar-refractivity contribution is 14.0. The van der Waals surface area contributed by atoms with E-state index in [1.807, 2.05) is 11.8 Å². The average molecular weight is 503 g/mol. The molecule has 0 spiro atoms. The zero-order valence-electron chi connectivity index (χ0n) is 15.7. The quantitative estimate of drug-likeness (QED) is 0.294. The fourth-order valence-electron chi connectivity index (χ4n) is 2.97. The van der Waals surface area contributed by atoms with E-state index in [4.69, 9.17) is 4.42 Å². The van der Waals surface area contributed by atoms with Crippen molar-refractivity contribution in [2.24, 2.45) is 4.99 Å². The summed E-state index contributed by atoms with van der Waals surface area (Å²) in [6, 6.07) is 3.45. The zero-order valence-corrected chi connectivity index (χ0v) is 18.8. The third kappa shape index (κ3) is 5.93. The number of amides is 1. The molecule has 2 aromatic rings. The molecule has 1 aliphatic heterocycles. The number of piperazine rings is 1. The first-order valence-corrected chi connectivity index (χ1v) is 9.74. The number of aromatic nitrogens is 1. The van der Waals surface area contributed by atoms with Crippen LogP contribution in [0.1, 0.15) is 27.7 Å². The van der Waals surface area contributed by atoms with E-state index < -0.39 is 0 Å². The number of thiazole rings is 1. The number of carbonyl (C=O) groups excluding carboxylic acids is 1. The third-order valence-electron chi connectivity index (χ3n) is 4.33. The Balaban J connectivity index is 0.00000261. The molecule has 0 radical (unpaired) electrons. The van der Waals surface area contributed by atoms with Gasteiger partial charge in [0.05, 0.1) is 11.3 Å². The number of hydrogen-bond donors (Lipinski definition) is 1. The summed E-state index contributed by atoms with van der Waals surface area (Å²) in [6.07, 6.45) is 3.53. The first-order chi connectivity index (χ1) is 12.7. The van der Waals surface area contributed by atoms with Gasteiger partial charge in [-0.3, -0.25) is 9.79 Å². The van der Waals surface area contributed by atoms with Crippen molar-refractivity contribution < 1.29 is 9.21 Å². The van der Waals surface area contributed by atoms with Gasteiger partial charge in [-0.25, -0.2) is 4.98 Å². The minimum Gasteiger partial charge on any atom is -0.459 e. The van der Waals surface area contributed by atoms with E-state index in [-0.39, 0.29) is 29.9 Å². The molecule has 0 aromatic carbocycles. The van der Waals surface area contributed by atoms with Gasteiger partial charge >= 0.3 is 0 Å². The normalized spacial score (nSPS) is 14.8. The lowest BCUT2D eigenvalue weighted by molar-refractivity contribution is 0.0658. The fourth-order valence-corrected chi connectivity index (χ4v) is 3.79. The Morgan fingerprint density at radius 2 is 2.07 bits per heavy atom. The Bertz CT molecular complexity index is 739. The van der Waals surface area contributed by atoms with Crippen molar-refractivity contribution in [3.05, 3.63) is 40.2 Å². The summed E-state index contributed by atoms with van der Waals surface area (Å²) in [6.45, 7) is 5.74. The summed E-state index contributed by atoms with van der Waals surface area (Å²) in [5.41, 5.74) is 1.09. The molecule has 7 nitrogen and oxygen atoms in total. The van der Waals surface area contributed by atoms with E-state index in [2.05, 4.69) is 25.6 Å². The predicted molar refractivity (Wildman–Crippen MR) is 118 cm³/mol. The second-order valence-corrected chi connectivity index (χ2v) is 7.16. The SMILES string of the molecule is CN=C(NCCCc1nc(C)cs1)N1CCN(C(=O)c2ccco2)CC1.I. The van der Waals surface area contributed by atoms with Crippen molar-refractivity contribution in [2.45, 2.75) is 19.8 Å². The summed E-state index contributed by atoms with van der Waals surface area (Å²) < 4.78 is 5.20. The van der Waals surface area contributed by atoms with Gasteiger partial charge in [-0.05, 0) is 25.5 Å². The lowest BCUT2D eigenvalue weighted by Crippen LogP contribution is -2.53. The molecule has 1 amide bonds. The number of guanidine groups is 1. The van der Waals surface area contributed by atoms with Gasteiger partial charge < -0.3 is 19.5 Å². The van der Waals surface area contributed by atoms with Crippen LogP contribution < -0.4 is 5.32 Å². The van der Waals surface area contributed by atoms with Gasteiger partial charge in [0, 0.05) is 57.3 Å². The molecule has 0 atom stereocenters. The number of rotatable bonds is 5. The highest BCUT2D eigenvalue weighted by atomic mass is 127. The number of aliphatic imine (C=N–C) groups is 1. The Kier molecular flexibility index (Phi) is 8.55. The summed E-state index contributed by atoms with van der Waals surface area (Å²) in [5, 5.41) is 6.69. The highest BCUT2D eigenvalue weighted by Crippen LogP contribution is 2.11. The van der Waals surface area contributed by atoms with Crippen LogP contribution in [0.15, 0.2) is 33.2 Å². The van der Waals surface area contributed by atoms with Crippen molar-refractivity contribution in [1.29, 1.82) is 0 Å². The molecule has 0 aliphatic carbocycles. The molecule has 0 unspecified atom stereocenters. The molecule has 27 heavy (non-hydrogen) atoms. The third-order valence-corrected chi connectivity index (χ3v) is 5.35. The molecule has 3 rings (SSSR count). The predicted octanol–water partition coefficient (Wildman–Crippen LogP) is 2.63. The lowest BCUT2D eigenvalue weighted by atomic mass is 10.3. The van der Waals surface area contributed by atoms with Crippen molar-refractivity contribution in [3.63, 3.8) is 0 Å². The standard InChI is InChI=1S/C18H25N5O2S.HI/c1-14-13-26-16(21-14)6-3-7-20-18(19-2)23-10-8-22(9-11-23)17(24)15-5-4-12-25-15;/h4-5,12-13H,3,6-11H2,1-2H3,(H,19,20);1H. The molecule has 1 fully saturated rings. The van der Waals surface area contributed by atoms with Crippen LogP contribution in [0.3, 0.4) is 0 Å². The number of halogens is 1. The van der Waals surface area contributed by atoms with Crippen molar-refractivity contribution in [3.8, 4) is 0 Å². The van der Waals surface area contributed by atoms with E-state index in [9.17, 15) is 4.79 Å². The molecule has 2 aromatic heterocycles. The molecule has 3 heterocycles. The van der Waals surface area contributed by atoms with E-state index >= 15 is 0 Å². The maximum atomic E-state index is 12.3. The zero-order chi connectivity index (χ0) is 18.4. The molecule has 1 N–H and O–H groups in total. The summed E-state index contributed by atoms with van der Waals surface area (Å²) in [7, 11) is 1.80. The van der Waals surface area contributed by atoms with Crippen LogP contribution >= 0.6 is 35.3 Å². The minimum atomic E-state index is -0.0451. The van der Waals surface area contributed by atoms with E-state index in [1.165, 1.54) is 11.3 Å². The Morgan fingerprint density at radius 3 is 2.67 bits per heavy atom. The monoisotopic (exact) mass is 503 g/mol. The first kappa shape index (κ1) is 21.7. The van der Waals surface area contributed by atoms with E-state index in [0.29, 0.717) is 18.8 Å². The molecule has 1 saturated heterocycles. The maximum Gasteiger partial charge on any atom is 0.289 e. The molecule has 0 saturated carbocycles. The van der Waals surface area contributed by atoms with Crippen LogP contribution in [0.2, 0.25) is 0 Å². The number of aryl methyl sites for hydroxylation is 2. The highest BCUT2D eigenvalue weighted by Gasteiger charge is 2.24. The summed E-state index contributed by atoms with van der Waals surface area (Å²) in [5.74, 6) is 1.25. The first-order valence-electron chi connectivity index (χ1n) is 8.87. The Morgan fingerprint density at radius 1 is 1.33 bits per heavy atom. The van der Waals surface area contributed by atoms with Crippen molar-refractivity contribution in [2.75, 3.05) is 39.8 Å². The van der Waals surface area contributed by atoms with Gasteiger partial charge in [-0.15, -0.1) is 35.3 Å². The molecular formula is C18H26IN5O2S. The maximum absolute atomic E-state index is 12.3. The largest absolute Gasteiger partial charge is 0.459 e. The lowest BCUT2D eigenvalue weighted by Gasteiger charge is -2.36. The number of hydrogen-bond acceptors (Lipinski definition) is 5. The second kappa shape index (κ2) is 10.6. The Labute approximate surface area is 180 Å². The van der Waals surface area contributed by atoms with Crippen LogP contribution in [0.25, 0.3) is 0 Å². The number of nitrogens with zero attached hydrogens (tertiary/aromatic N) is 4. The van der Waals surface area contributed by atoms with Gasteiger partial charge in [0.25, 0.3) is 5.91 Å². The van der Waals surface area contributed by atoms with E-state index in [1.54, 1.807) is 30.5 Å².